The lowest BCUT2D eigenvalue weighted by Gasteiger charge is -2.08. The third-order valence-electron chi connectivity index (χ3n) is 3.55. The highest BCUT2D eigenvalue weighted by Crippen LogP contribution is 2.40. The van der Waals surface area contributed by atoms with E-state index in [1.807, 2.05) is 0 Å². The minimum absolute atomic E-state index is 0.0347. The summed E-state index contributed by atoms with van der Waals surface area (Å²) in [6.07, 6.45) is -1.84. The van der Waals surface area contributed by atoms with Crippen LogP contribution in [0.1, 0.15) is 12.1 Å². The highest BCUT2D eigenvalue weighted by atomic mass is 32.1. The van der Waals surface area contributed by atoms with E-state index in [0.29, 0.717) is 0 Å². The normalized spacial score (nSPS) is 23.2. The zero-order chi connectivity index (χ0) is 14.9. The van der Waals surface area contributed by atoms with E-state index in [4.69, 9.17) is 0 Å². The molecule has 3 heterocycles. The molecule has 2 aromatic heterocycles. The second kappa shape index (κ2) is 5.69. The first-order valence-electron chi connectivity index (χ1n) is 6.55. The third-order valence-corrected chi connectivity index (χ3v) is 4.27. The van der Waals surface area contributed by atoms with Gasteiger partial charge in [0, 0.05) is 11.8 Å². The van der Waals surface area contributed by atoms with Crippen molar-refractivity contribution in [3.8, 4) is 10.6 Å². The average molecular weight is 314 g/mol. The fraction of sp³-hybridized carbons (Fsp3) is 0.462. The van der Waals surface area contributed by atoms with Crippen molar-refractivity contribution in [2.24, 2.45) is 11.8 Å². The van der Waals surface area contributed by atoms with Crippen LogP contribution in [0.3, 0.4) is 0 Å². The molecule has 4 nitrogen and oxygen atoms in total. The van der Waals surface area contributed by atoms with Crippen LogP contribution < -0.4 is 5.32 Å². The molecule has 0 radical (unpaired) electrons. The van der Waals surface area contributed by atoms with Crippen LogP contribution in [0.5, 0.6) is 0 Å². The lowest BCUT2D eigenvalue weighted by molar-refractivity contribution is -0.140. The molecule has 0 aromatic carbocycles. The highest BCUT2D eigenvalue weighted by molar-refractivity contribution is 7.12. The Hall–Kier alpha value is -1.54. The highest BCUT2D eigenvalue weighted by Gasteiger charge is 2.40. The van der Waals surface area contributed by atoms with Crippen molar-refractivity contribution in [2.75, 3.05) is 13.1 Å². The molecule has 1 saturated carbocycles. The zero-order valence-electron chi connectivity index (χ0n) is 11.0. The Bertz CT molecular complexity index is 592. The standard InChI is InChI=1S/C8H4F3N3S.C5H9N/c9-8(10,11)6-5(2-1-3-12-6)7-14-13-4-15-7;1-4-2-6-3-5(1)4/h1-4H;4-6H,1-3H2. The molecule has 4 rings (SSSR count). The largest absolute Gasteiger partial charge is 0.434 e. The molecule has 0 amide bonds. The lowest BCUT2D eigenvalue weighted by atomic mass is 10.2. The maximum absolute atomic E-state index is 12.5. The molecule has 1 saturated heterocycles. The third kappa shape index (κ3) is 3.38. The summed E-state index contributed by atoms with van der Waals surface area (Å²) < 4.78 is 37.6. The van der Waals surface area contributed by atoms with Crippen molar-refractivity contribution in [3.05, 3.63) is 29.5 Å². The Morgan fingerprint density at radius 3 is 2.48 bits per heavy atom. The van der Waals surface area contributed by atoms with Crippen molar-refractivity contribution in [3.63, 3.8) is 0 Å². The van der Waals surface area contributed by atoms with E-state index >= 15 is 0 Å². The van der Waals surface area contributed by atoms with Crippen molar-refractivity contribution in [1.82, 2.24) is 20.5 Å². The molecule has 0 bridgehead atoms. The number of hydrogen-bond donors (Lipinski definition) is 1. The summed E-state index contributed by atoms with van der Waals surface area (Å²) in [7, 11) is 0. The molecule has 21 heavy (non-hydrogen) atoms. The van der Waals surface area contributed by atoms with Crippen molar-refractivity contribution in [2.45, 2.75) is 12.6 Å². The number of nitrogens with one attached hydrogen (secondary N) is 1. The van der Waals surface area contributed by atoms with E-state index in [1.54, 1.807) is 0 Å². The van der Waals surface area contributed by atoms with E-state index in [0.717, 1.165) is 29.4 Å². The number of halogens is 3. The van der Waals surface area contributed by atoms with Crippen LogP contribution in [0.15, 0.2) is 23.8 Å². The van der Waals surface area contributed by atoms with Gasteiger partial charge in [-0.15, -0.1) is 10.2 Å². The maximum Gasteiger partial charge on any atom is 0.434 e. The van der Waals surface area contributed by atoms with Gasteiger partial charge in [0.2, 0.25) is 0 Å². The second-order valence-corrected chi connectivity index (χ2v) is 5.89. The fourth-order valence-electron chi connectivity index (χ4n) is 2.36. The van der Waals surface area contributed by atoms with Crippen molar-refractivity contribution >= 4 is 11.3 Å². The molecule has 1 N–H and O–H groups in total. The van der Waals surface area contributed by atoms with Gasteiger partial charge in [-0.25, -0.2) is 0 Å². The summed E-state index contributed by atoms with van der Waals surface area (Å²) in [5, 5.41) is 10.6. The van der Waals surface area contributed by atoms with Crippen LogP contribution in [0.25, 0.3) is 10.6 Å². The van der Waals surface area contributed by atoms with Gasteiger partial charge in [-0.05, 0) is 43.5 Å². The van der Waals surface area contributed by atoms with Gasteiger partial charge >= 0.3 is 6.18 Å². The monoisotopic (exact) mass is 314 g/mol. The topological polar surface area (TPSA) is 50.7 Å². The van der Waals surface area contributed by atoms with E-state index < -0.39 is 11.9 Å². The first-order chi connectivity index (χ1) is 10.1. The van der Waals surface area contributed by atoms with Crippen molar-refractivity contribution in [1.29, 1.82) is 0 Å². The van der Waals surface area contributed by atoms with Gasteiger partial charge in [0.25, 0.3) is 0 Å². The molecular weight excluding hydrogens is 301 g/mol. The summed E-state index contributed by atoms with van der Waals surface area (Å²) in [4.78, 5) is 3.32. The van der Waals surface area contributed by atoms with Crippen LogP contribution in [-0.2, 0) is 6.18 Å². The molecular formula is C13H13F3N4S. The Morgan fingerprint density at radius 2 is 2.00 bits per heavy atom. The molecule has 2 atom stereocenters. The van der Waals surface area contributed by atoms with Crippen LogP contribution in [0.2, 0.25) is 0 Å². The van der Waals surface area contributed by atoms with E-state index in [1.165, 1.54) is 37.2 Å². The van der Waals surface area contributed by atoms with Gasteiger partial charge in [-0.3, -0.25) is 4.98 Å². The summed E-state index contributed by atoms with van der Waals surface area (Å²) >= 11 is 1.04. The quantitative estimate of drug-likeness (QED) is 0.879. The number of aromatic nitrogens is 3. The average Bonchev–Trinajstić information content (AvgIpc) is 2.90. The summed E-state index contributed by atoms with van der Waals surface area (Å²) in [6.45, 7) is 2.62. The molecule has 2 unspecified atom stereocenters. The number of piperidine rings is 1. The first-order valence-corrected chi connectivity index (χ1v) is 7.43. The van der Waals surface area contributed by atoms with Crippen LogP contribution in [0.4, 0.5) is 13.2 Å². The molecule has 0 spiro atoms. The Morgan fingerprint density at radius 1 is 1.24 bits per heavy atom. The summed E-state index contributed by atoms with van der Waals surface area (Å²) in [6, 6.07) is 2.77. The van der Waals surface area contributed by atoms with Gasteiger partial charge in [0.05, 0.1) is 0 Å². The van der Waals surface area contributed by atoms with Crippen LogP contribution in [-0.4, -0.2) is 28.3 Å². The van der Waals surface area contributed by atoms with Gasteiger partial charge in [-0.2, -0.15) is 13.2 Å². The van der Waals surface area contributed by atoms with Crippen LogP contribution in [0, 0.1) is 11.8 Å². The van der Waals surface area contributed by atoms with E-state index in [9.17, 15) is 13.2 Å². The smallest absolute Gasteiger partial charge is 0.316 e. The maximum atomic E-state index is 12.5. The van der Waals surface area contributed by atoms with Crippen molar-refractivity contribution < 1.29 is 13.2 Å². The Kier molecular flexibility index (Phi) is 3.90. The molecule has 1 aliphatic carbocycles. The molecule has 2 aromatic rings. The summed E-state index contributed by atoms with van der Waals surface area (Å²) in [5.41, 5.74) is 0.414. The minimum Gasteiger partial charge on any atom is -0.316 e. The van der Waals surface area contributed by atoms with E-state index in [2.05, 4.69) is 20.5 Å². The number of hydrogen-bond acceptors (Lipinski definition) is 5. The number of rotatable bonds is 1. The van der Waals surface area contributed by atoms with Gasteiger partial charge in [0.1, 0.15) is 10.5 Å². The van der Waals surface area contributed by atoms with E-state index in [-0.39, 0.29) is 10.6 Å². The number of fused-ring (bicyclic) bond motifs is 1. The molecule has 1 aliphatic heterocycles. The molecule has 8 heteroatoms. The van der Waals surface area contributed by atoms with Crippen LogP contribution >= 0.6 is 11.3 Å². The molecule has 2 aliphatic rings. The predicted molar refractivity (Wildman–Crippen MR) is 72.6 cm³/mol. The SMILES string of the molecule is C1NCC2CC12.FC(F)(F)c1ncccc1-c1nncs1. The number of nitrogens with zero attached hydrogens (tertiary/aromatic N) is 3. The zero-order valence-corrected chi connectivity index (χ0v) is 11.8. The predicted octanol–water partition coefficient (Wildman–Crippen LogP) is 2.84. The second-order valence-electron chi connectivity index (χ2n) is 5.06. The van der Waals surface area contributed by atoms with Gasteiger partial charge in [-0.1, -0.05) is 11.3 Å². The molecule has 112 valence electrons. The molecule has 2 fully saturated rings. The number of alkyl halides is 3. The lowest BCUT2D eigenvalue weighted by Crippen LogP contribution is -2.10. The van der Waals surface area contributed by atoms with Gasteiger partial charge in [0.15, 0.2) is 5.69 Å². The minimum atomic E-state index is -4.47. The summed E-state index contributed by atoms with van der Waals surface area (Å²) in [5.74, 6) is 2.20. The first kappa shape index (κ1) is 14.4. The number of pyridine rings is 1. The Balaban J connectivity index is 0.000000180. The van der Waals surface area contributed by atoms with Gasteiger partial charge < -0.3 is 5.32 Å². The fourth-order valence-corrected chi connectivity index (χ4v) is 2.94. The Labute approximate surface area is 123 Å².